The van der Waals surface area contributed by atoms with Crippen molar-refractivity contribution < 1.29 is 0 Å². The largest absolute Gasteiger partial charge is 0.399 e. The molecule has 2 nitrogen and oxygen atoms in total. The van der Waals surface area contributed by atoms with Gasteiger partial charge in [-0.2, -0.15) is 0 Å². The first-order chi connectivity index (χ1) is 6.79. The Morgan fingerprint density at radius 1 is 1.50 bits per heavy atom. The normalized spacial score (nSPS) is 17.8. The van der Waals surface area contributed by atoms with Crippen molar-refractivity contribution in [3.8, 4) is 0 Å². The molecule has 1 unspecified atom stereocenters. The lowest BCUT2D eigenvalue weighted by Gasteiger charge is -2.17. The monoisotopic (exact) mass is 190 g/mol. The van der Waals surface area contributed by atoms with Crippen LogP contribution >= 0.6 is 0 Å². The van der Waals surface area contributed by atoms with E-state index >= 15 is 0 Å². The van der Waals surface area contributed by atoms with Crippen LogP contribution in [0.5, 0.6) is 0 Å². The minimum absolute atomic E-state index is 0.636. The van der Waals surface area contributed by atoms with Crippen molar-refractivity contribution in [1.82, 2.24) is 0 Å². The minimum atomic E-state index is 0.636. The highest BCUT2D eigenvalue weighted by Crippen LogP contribution is 2.35. The number of anilines is 2. The van der Waals surface area contributed by atoms with Gasteiger partial charge in [0.15, 0.2) is 0 Å². The summed E-state index contributed by atoms with van der Waals surface area (Å²) in [4.78, 5) is 0. The molecule has 2 rings (SSSR count). The van der Waals surface area contributed by atoms with Gasteiger partial charge in [0.2, 0.25) is 0 Å². The predicted octanol–water partition coefficient (Wildman–Crippen LogP) is 2.87. The molecule has 1 aromatic rings. The molecule has 0 aliphatic heterocycles. The topological polar surface area (TPSA) is 38.0 Å². The number of rotatable bonds is 4. The summed E-state index contributed by atoms with van der Waals surface area (Å²) >= 11 is 0. The van der Waals surface area contributed by atoms with Crippen molar-refractivity contribution in [1.29, 1.82) is 0 Å². The smallest absolute Gasteiger partial charge is 0.0363 e. The molecule has 0 aromatic heterocycles. The molecular weight excluding hydrogens is 172 g/mol. The standard InChI is InChI=1S/C12H18N2/c1-2-12(9-6-7-9)14-11-5-3-4-10(13)8-11/h3-5,8-9,12,14H,2,6-7,13H2,1H3. The van der Waals surface area contributed by atoms with Gasteiger partial charge in [-0.3, -0.25) is 0 Å². The molecule has 1 aliphatic carbocycles. The summed E-state index contributed by atoms with van der Waals surface area (Å²) in [6, 6.07) is 8.64. The van der Waals surface area contributed by atoms with Crippen molar-refractivity contribution >= 4 is 11.4 Å². The average molecular weight is 190 g/mol. The first-order valence-electron chi connectivity index (χ1n) is 5.41. The first kappa shape index (κ1) is 9.38. The van der Waals surface area contributed by atoms with E-state index < -0.39 is 0 Å². The van der Waals surface area contributed by atoms with Gasteiger partial charge in [-0.25, -0.2) is 0 Å². The average Bonchev–Trinajstić information content (AvgIpc) is 2.97. The van der Waals surface area contributed by atoms with E-state index in [2.05, 4.69) is 18.3 Å². The third kappa shape index (κ3) is 2.19. The Hall–Kier alpha value is -1.18. The summed E-state index contributed by atoms with van der Waals surface area (Å²) in [7, 11) is 0. The van der Waals surface area contributed by atoms with Crippen molar-refractivity contribution in [2.24, 2.45) is 5.92 Å². The molecule has 76 valence electrons. The molecule has 1 aromatic carbocycles. The summed E-state index contributed by atoms with van der Waals surface area (Å²) in [5.41, 5.74) is 7.72. The Bertz CT molecular complexity index is 305. The summed E-state index contributed by atoms with van der Waals surface area (Å²) < 4.78 is 0. The second-order valence-electron chi connectivity index (χ2n) is 4.12. The molecule has 1 fully saturated rings. The van der Waals surface area contributed by atoms with E-state index in [0.717, 1.165) is 17.3 Å². The van der Waals surface area contributed by atoms with Crippen LogP contribution in [0.4, 0.5) is 11.4 Å². The first-order valence-corrected chi connectivity index (χ1v) is 5.41. The fraction of sp³-hybridized carbons (Fsp3) is 0.500. The lowest BCUT2D eigenvalue weighted by atomic mass is 10.1. The molecule has 0 spiro atoms. The Labute approximate surface area is 85.5 Å². The van der Waals surface area contributed by atoms with Gasteiger partial charge in [0.1, 0.15) is 0 Å². The van der Waals surface area contributed by atoms with E-state index in [1.54, 1.807) is 0 Å². The van der Waals surface area contributed by atoms with E-state index in [9.17, 15) is 0 Å². The number of hydrogen-bond donors (Lipinski definition) is 2. The Morgan fingerprint density at radius 3 is 2.86 bits per heavy atom. The van der Waals surface area contributed by atoms with Crippen LogP contribution in [0, 0.1) is 5.92 Å². The molecule has 1 atom stereocenters. The Morgan fingerprint density at radius 2 is 2.29 bits per heavy atom. The van der Waals surface area contributed by atoms with E-state index in [1.165, 1.54) is 19.3 Å². The van der Waals surface area contributed by atoms with Crippen LogP contribution in [0.3, 0.4) is 0 Å². The van der Waals surface area contributed by atoms with E-state index in [1.807, 2.05) is 18.2 Å². The lowest BCUT2D eigenvalue weighted by Crippen LogP contribution is -2.20. The third-order valence-corrected chi connectivity index (χ3v) is 2.87. The van der Waals surface area contributed by atoms with E-state index in [4.69, 9.17) is 5.73 Å². The van der Waals surface area contributed by atoms with Gasteiger partial charge in [-0.15, -0.1) is 0 Å². The fourth-order valence-electron chi connectivity index (χ4n) is 1.89. The molecule has 2 heteroatoms. The maximum absolute atomic E-state index is 5.73. The highest BCUT2D eigenvalue weighted by atomic mass is 14.9. The summed E-state index contributed by atoms with van der Waals surface area (Å²) in [6.45, 7) is 2.24. The molecule has 0 amide bonds. The second-order valence-corrected chi connectivity index (χ2v) is 4.12. The molecule has 0 radical (unpaired) electrons. The zero-order chi connectivity index (χ0) is 9.97. The third-order valence-electron chi connectivity index (χ3n) is 2.87. The van der Waals surface area contributed by atoms with Crippen molar-refractivity contribution in [3.63, 3.8) is 0 Å². The SMILES string of the molecule is CCC(Nc1cccc(N)c1)C1CC1. The summed E-state index contributed by atoms with van der Waals surface area (Å²) in [5, 5.41) is 3.55. The van der Waals surface area contributed by atoms with Crippen LogP contribution in [0.2, 0.25) is 0 Å². The maximum Gasteiger partial charge on any atom is 0.0363 e. The zero-order valence-corrected chi connectivity index (χ0v) is 8.66. The Balaban J connectivity index is 2.01. The van der Waals surface area contributed by atoms with Crippen LogP contribution < -0.4 is 11.1 Å². The molecule has 1 aliphatic rings. The van der Waals surface area contributed by atoms with Crippen LogP contribution in [-0.2, 0) is 0 Å². The molecule has 3 N–H and O–H groups in total. The van der Waals surface area contributed by atoms with Crippen LogP contribution in [0.1, 0.15) is 26.2 Å². The molecule has 1 saturated carbocycles. The van der Waals surface area contributed by atoms with Gasteiger partial charge in [0, 0.05) is 17.4 Å². The highest BCUT2D eigenvalue weighted by Gasteiger charge is 2.29. The van der Waals surface area contributed by atoms with Crippen molar-refractivity contribution in [3.05, 3.63) is 24.3 Å². The van der Waals surface area contributed by atoms with Crippen LogP contribution in [-0.4, -0.2) is 6.04 Å². The quantitative estimate of drug-likeness (QED) is 0.716. The van der Waals surface area contributed by atoms with Gasteiger partial charge in [0.25, 0.3) is 0 Å². The van der Waals surface area contributed by atoms with Gasteiger partial charge in [-0.05, 0) is 43.4 Å². The van der Waals surface area contributed by atoms with E-state index in [0.29, 0.717) is 6.04 Å². The zero-order valence-electron chi connectivity index (χ0n) is 8.66. The second kappa shape index (κ2) is 3.91. The summed E-state index contributed by atoms with van der Waals surface area (Å²) in [5.74, 6) is 0.890. The fourth-order valence-corrected chi connectivity index (χ4v) is 1.89. The minimum Gasteiger partial charge on any atom is -0.399 e. The summed E-state index contributed by atoms with van der Waals surface area (Å²) in [6.07, 6.45) is 3.96. The molecule has 14 heavy (non-hydrogen) atoms. The van der Waals surface area contributed by atoms with Crippen molar-refractivity contribution in [2.75, 3.05) is 11.1 Å². The number of nitrogen functional groups attached to an aromatic ring is 1. The number of nitrogens with two attached hydrogens (primary N) is 1. The highest BCUT2D eigenvalue weighted by molar-refractivity contribution is 5.54. The van der Waals surface area contributed by atoms with Gasteiger partial charge < -0.3 is 11.1 Å². The molecule has 0 bridgehead atoms. The Kier molecular flexibility index (Phi) is 2.62. The number of nitrogens with one attached hydrogen (secondary N) is 1. The molecular formula is C12H18N2. The van der Waals surface area contributed by atoms with Crippen molar-refractivity contribution in [2.45, 2.75) is 32.2 Å². The van der Waals surface area contributed by atoms with Gasteiger partial charge in [-0.1, -0.05) is 13.0 Å². The molecule has 0 heterocycles. The lowest BCUT2D eigenvalue weighted by molar-refractivity contribution is 0.616. The number of benzene rings is 1. The van der Waals surface area contributed by atoms with Crippen LogP contribution in [0.15, 0.2) is 24.3 Å². The van der Waals surface area contributed by atoms with Crippen LogP contribution in [0.25, 0.3) is 0 Å². The maximum atomic E-state index is 5.73. The van der Waals surface area contributed by atoms with Gasteiger partial charge >= 0.3 is 0 Å². The van der Waals surface area contributed by atoms with E-state index in [-0.39, 0.29) is 0 Å². The number of hydrogen-bond acceptors (Lipinski definition) is 2. The predicted molar refractivity (Wildman–Crippen MR) is 61.3 cm³/mol. The molecule has 0 saturated heterocycles. The van der Waals surface area contributed by atoms with Gasteiger partial charge in [0.05, 0.1) is 0 Å².